The fraction of sp³-hybridized carbons (Fsp3) is 0.636. The molecular formula is C11H17Br2NS. The Kier molecular flexibility index (Phi) is 5.29. The molecule has 0 N–H and O–H groups in total. The van der Waals surface area contributed by atoms with Crippen LogP contribution in [0.25, 0.3) is 0 Å². The Labute approximate surface area is 113 Å². The molecule has 1 rings (SSSR count). The van der Waals surface area contributed by atoms with E-state index in [9.17, 15) is 0 Å². The zero-order valence-corrected chi connectivity index (χ0v) is 13.4. The molecule has 0 atom stereocenters. The van der Waals surface area contributed by atoms with Crippen molar-refractivity contribution in [2.45, 2.75) is 20.4 Å². The molecule has 0 radical (unpaired) electrons. The van der Waals surface area contributed by atoms with Gasteiger partial charge in [-0.05, 0) is 34.5 Å². The van der Waals surface area contributed by atoms with Gasteiger partial charge in [-0.2, -0.15) is 0 Å². The molecule has 0 saturated carbocycles. The molecule has 0 aliphatic carbocycles. The highest BCUT2D eigenvalue weighted by Gasteiger charge is 2.18. The third-order valence-corrected chi connectivity index (χ3v) is 5.31. The number of hydrogen-bond acceptors (Lipinski definition) is 2. The summed E-state index contributed by atoms with van der Waals surface area (Å²) in [5.74, 6) is 0. The summed E-state index contributed by atoms with van der Waals surface area (Å²) >= 11 is 8.85. The molecule has 1 heterocycles. The van der Waals surface area contributed by atoms with Crippen molar-refractivity contribution in [2.24, 2.45) is 5.41 Å². The first-order valence-electron chi connectivity index (χ1n) is 4.90. The molecular weight excluding hydrogens is 338 g/mol. The SMILES string of the molecule is CN(Cc1cc(Br)cs1)CC(C)(C)CBr. The highest BCUT2D eigenvalue weighted by Crippen LogP contribution is 2.23. The van der Waals surface area contributed by atoms with E-state index in [1.54, 1.807) is 0 Å². The van der Waals surface area contributed by atoms with Crippen LogP contribution in [0.1, 0.15) is 18.7 Å². The fourth-order valence-corrected chi connectivity index (χ4v) is 3.24. The average molecular weight is 355 g/mol. The van der Waals surface area contributed by atoms with Crippen LogP contribution in [-0.2, 0) is 6.54 Å². The maximum Gasteiger partial charge on any atom is 0.0325 e. The summed E-state index contributed by atoms with van der Waals surface area (Å²) in [5.41, 5.74) is 0.337. The third kappa shape index (κ3) is 4.98. The molecule has 86 valence electrons. The van der Waals surface area contributed by atoms with Gasteiger partial charge in [-0.15, -0.1) is 11.3 Å². The van der Waals surface area contributed by atoms with Crippen LogP contribution in [0.3, 0.4) is 0 Å². The minimum atomic E-state index is 0.337. The molecule has 15 heavy (non-hydrogen) atoms. The van der Waals surface area contributed by atoms with Crippen LogP contribution in [0, 0.1) is 5.41 Å². The first-order chi connectivity index (χ1) is 6.93. The summed E-state index contributed by atoms with van der Waals surface area (Å²) in [6.45, 7) is 6.70. The van der Waals surface area contributed by atoms with Gasteiger partial charge in [-0.3, -0.25) is 0 Å². The minimum Gasteiger partial charge on any atom is -0.301 e. The molecule has 1 aromatic rings. The second kappa shape index (κ2) is 5.80. The molecule has 0 bridgehead atoms. The monoisotopic (exact) mass is 353 g/mol. The Balaban J connectivity index is 2.46. The van der Waals surface area contributed by atoms with E-state index >= 15 is 0 Å². The van der Waals surface area contributed by atoms with E-state index in [1.807, 2.05) is 11.3 Å². The normalized spacial score (nSPS) is 12.4. The zero-order chi connectivity index (χ0) is 11.5. The van der Waals surface area contributed by atoms with Gasteiger partial charge in [0.1, 0.15) is 0 Å². The van der Waals surface area contributed by atoms with Crippen LogP contribution in [0.5, 0.6) is 0 Å². The first kappa shape index (κ1) is 13.7. The van der Waals surface area contributed by atoms with Gasteiger partial charge in [0.2, 0.25) is 0 Å². The Bertz CT molecular complexity index is 309. The van der Waals surface area contributed by atoms with Crippen molar-refractivity contribution in [1.29, 1.82) is 0 Å². The largest absolute Gasteiger partial charge is 0.301 e. The number of alkyl halides is 1. The summed E-state index contributed by atoms with van der Waals surface area (Å²) in [6.07, 6.45) is 0. The topological polar surface area (TPSA) is 3.24 Å². The number of rotatable bonds is 5. The molecule has 0 aliphatic rings. The van der Waals surface area contributed by atoms with Gasteiger partial charge in [0.25, 0.3) is 0 Å². The number of hydrogen-bond donors (Lipinski definition) is 0. The van der Waals surface area contributed by atoms with Crippen molar-refractivity contribution in [3.8, 4) is 0 Å². The highest BCUT2D eigenvalue weighted by atomic mass is 79.9. The van der Waals surface area contributed by atoms with Gasteiger partial charge in [0.05, 0.1) is 0 Å². The van der Waals surface area contributed by atoms with Gasteiger partial charge < -0.3 is 4.90 Å². The minimum absolute atomic E-state index is 0.337. The number of thiophene rings is 1. The molecule has 0 amide bonds. The number of halogens is 2. The third-order valence-electron chi connectivity index (χ3n) is 2.11. The van der Waals surface area contributed by atoms with Crippen LogP contribution in [0.4, 0.5) is 0 Å². The van der Waals surface area contributed by atoms with E-state index in [4.69, 9.17) is 0 Å². The lowest BCUT2D eigenvalue weighted by molar-refractivity contribution is 0.227. The maximum absolute atomic E-state index is 3.56. The second-order valence-electron chi connectivity index (χ2n) is 4.70. The quantitative estimate of drug-likeness (QED) is 0.710. The van der Waals surface area contributed by atoms with Gasteiger partial charge in [-0.25, -0.2) is 0 Å². The van der Waals surface area contributed by atoms with Gasteiger partial charge >= 0.3 is 0 Å². The lowest BCUT2D eigenvalue weighted by Crippen LogP contribution is -2.31. The van der Waals surface area contributed by atoms with E-state index in [1.165, 1.54) is 9.35 Å². The molecule has 0 spiro atoms. The predicted octanol–water partition coefficient (Wildman–Crippen LogP) is 4.36. The Morgan fingerprint density at radius 1 is 1.47 bits per heavy atom. The van der Waals surface area contributed by atoms with Crippen molar-refractivity contribution < 1.29 is 0 Å². The Morgan fingerprint density at radius 3 is 2.60 bits per heavy atom. The molecule has 0 fully saturated rings. The molecule has 0 aliphatic heterocycles. The van der Waals surface area contributed by atoms with E-state index in [2.05, 4.69) is 69.1 Å². The summed E-state index contributed by atoms with van der Waals surface area (Å²) < 4.78 is 1.19. The summed E-state index contributed by atoms with van der Waals surface area (Å²) in [6, 6.07) is 2.20. The Morgan fingerprint density at radius 2 is 2.13 bits per heavy atom. The summed E-state index contributed by atoms with van der Waals surface area (Å²) in [7, 11) is 2.18. The fourth-order valence-electron chi connectivity index (χ4n) is 1.53. The smallest absolute Gasteiger partial charge is 0.0325 e. The lowest BCUT2D eigenvalue weighted by Gasteiger charge is -2.28. The van der Waals surface area contributed by atoms with Crippen LogP contribution in [0.15, 0.2) is 15.9 Å². The van der Waals surface area contributed by atoms with Crippen molar-refractivity contribution in [1.82, 2.24) is 4.90 Å². The number of nitrogens with zero attached hydrogens (tertiary/aromatic N) is 1. The van der Waals surface area contributed by atoms with E-state index in [0.29, 0.717) is 5.41 Å². The predicted molar refractivity (Wildman–Crippen MR) is 75.9 cm³/mol. The lowest BCUT2D eigenvalue weighted by atomic mass is 9.96. The zero-order valence-electron chi connectivity index (χ0n) is 9.39. The van der Waals surface area contributed by atoms with Crippen LogP contribution < -0.4 is 0 Å². The highest BCUT2D eigenvalue weighted by molar-refractivity contribution is 9.10. The van der Waals surface area contributed by atoms with Crippen molar-refractivity contribution in [2.75, 3.05) is 18.9 Å². The molecule has 1 nitrogen and oxygen atoms in total. The van der Waals surface area contributed by atoms with Crippen LogP contribution in [-0.4, -0.2) is 23.8 Å². The van der Waals surface area contributed by atoms with Crippen molar-refractivity contribution in [3.63, 3.8) is 0 Å². The van der Waals surface area contributed by atoms with Crippen LogP contribution >= 0.6 is 43.2 Å². The Hall–Kier alpha value is 0.620. The molecule has 4 heteroatoms. The molecule has 1 aromatic heterocycles. The van der Waals surface area contributed by atoms with Gasteiger partial charge in [0, 0.05) is 33.1 Å². The van der Waals surface area contributed by atoms with E-state index < -0.39 is 0 Å². The van der Waals surface area contributed by atoms with E-state index in [-0.39, 0.29) is 0 Å². The maximum atomic E-state index is 3.56. The van der Waals surface area contributed by atoms with Crippen molar-refractivity contribution >= 4 is 43.2 Å². The summed E-state index contributed by atoms with van der Waals surface area (Å²) in [4.78, 5) is 3.79. The molecule has 0 unspecified atom stereocenters. The van der Waals surface area contributed by atoms with E-state index in [0.717, 1.165) is 18.4 Å². The van der Waals surface area contributed by atoms with Crippen LogP contribution in [0.2, 0.25) is 0 Å². The summed E-state index contributed by atoms with van der Waals surface area (Å²) in [5, 5.41) is 3.18. The molecule has 0 saturated heterocycles. The first-order valence-corrected chi connectivity index (χ1v) is 7.70. The van der Waals surface area contributed by atoms with Gasteiger partial charge in [-0.1, -0.05) is 29.8 Å². The molecule has 0 aromatic carbocycles. The van der Waals surface area contributed by atoms with Gasteiger partial charge in [0.15, 0.2) is 0 Å². The average Bonchev–Trinajstić information content (AvgIpc) is 2.50. The van der Waals surface area contributed by atoms with Crippen molar-refractivity contribution in [3.05, 3.63) is 20.8 Å². The second-order valence-corrected chi connectivity index (χ2v) is 7.17. The standard InChI is InChI=1S/C11H17Br2NS/c1-11(2,7-12)8-14(3)5-10-4-9(13)6-15-10/h4,6H,5,7-8H2,1-3H3.